The van der Waals surface area contributed by atoms with Crippen molar-refractivity contribution in [2.24, 2.45) is 5.92 Å². The maximum absolute atomic E-state index is 11.6. The first-order chi connectivity index (χ1) is 8.58. The summed E-state index contributed by atoms with van der Waals surface area (Å²) in [6.07, 6.45) is 5.74. The van der Waals surface area contributed by atoms with Crippen molar-refractivity contribution in [3.63, 3.8) is 0 Å². The van der Waals surface area contributed by atoms with E-state index in [4.69, 9.17) is 0 Å². The van der Waals surface area contributed by atoms with Gasteiger partial charge in [-0.25, -0.2) is 0 Å². The molecule has 1 unspecified atom stereocenters. The molecule has 0 spiro atoms. The van der Waals surface area contributed by atoms with Gasteiger partial charge >= 0.3 is 5.97 Å². The molecule has 0 heterocycles. The second-order valence-electron chi connectivity index (χ2n) is 5.64. The molecule has 0 aromatic heterocycles. The highest BCUT2D eigenvalue weighted by Gasteiger charge is 2.30. The van der Waals surface area contributed by atoms with Crippen molar-refractivity contribution in [1.29, 1.82) is 0 Å². The van der Waals surface area contributed by atoms with Crippen LogP contribution in [0.4, 0.5) is 0 Å². The lowest BCUT2D eigenvalue weighted by molar-refractivity contribution is -0.140. The Hall–Kier alpha value is -1.31. The molecule has 1 N–H and O–H groups in total. The van der Waals surface area contributed by atoms with Crippen molar-refractivity contribution in [2.45, 2.75) is 51.9 Å². The lowest BCUT2D eigenvalue weighted by Crippen LogP contribution is -2.23. The first kappa shape index (κ1) is 13.1. The molecule has 0 bridgehead atoms. The van der Waals surface area contributed by atoms with E-state index in [1.165, 1.54) is 19.3 Å². The largest absolute Gasteiger partial charge is 0.481 e. The van der Waals surface area contributed by atoms with Gasteiger partial charge in [0.15, 0.2) is 0 Å². The number of carboxylic acids is 1. The fourth-order valence-corrected chi connectivity index (χ4v) is 3.27. The minimum atomic E-state index is -0.660. The van der Waals surface area contributed by atoms with Crippen LogP contribution in [0.25, 0.3) is 0 Å². The van der Waals surface area contributed by atoms with Gasteiger partial charge in [-0.1, -0.05) is 48.6 Å². The first-order valence-electron chi connectivity index (χ1n) is 6.89. The number of hydrogen-bond acceptors (Lipinski definition) is 1. The number of hydrogen-bond donors (Lipinski definition) is 1. The van der Waals surface area contributed by atoms with Crippen molar-refractivity contribution in [2.75, 3.05) is 0 Å². The van der Waals surface area contributed by atoms with Crippen LogP contribution < -0.4 is 0 Å². The maximum Gasteiger partial charge on any atom is 0.311 e. The van der Waals surface area contributed by atoms with Gasteiger partial charge in [0, 0.05) is 0 Å². The third-order valence-electron chi connectivity index (χ3n) is 3.99. The minimum absolute atomic E-state index is 0.316. The van der Waals surface area contributed by atoms with Crippen LogP contribution in [-0.2, 0) is 4.79 Å². The fraction of sp³-hybridized carbons (Fsp3) is 0.562. The maximum atomic E-state index is 11.6. The number of carboxylic acid groups (broad SMARTS) is 1. The summed E-state index contributed by atoms with van der Waals surface area (Å²) in [6, 6.07) is 6.18. The Bertz CT molecular complexity index is 410. The first-order valence-corrected chi connectivity index (χ1v) is 6.89. The smallest absolute Gasteiger partial charge is 0.311 e. The zero-order valence-corrected chi connectivity index (χ0v) is 11.3. The Morgan fingerprint density at radius 2 is 1.67 bits per heavy atom. The monoisotopic (exact) mass is 246 g/mol. The predicted molar refractivity (Wildman–Crippen MR) is 72.9 cm³/mol. The predicted octanol–water partition coefficient (Wildman–Crippen LogP) is 4.05. The Kier molecular flexibility index (Phi) is 4.05. The van der Waals surface area contributed by atoms with Crippen LogP contribution in [0.15, 0.2) is 18.2 Å². The van der Waals surface area contributed by atoms with Crippen LogP contribution in [0.5, 0.6) is 0 Å². The normalized spacial score (nSPS) is 18.6. The van der Waals surface area contributed by atoms with E-state index >= 15 is 0 Å². The third-order valence-corrected chi connectivity index (χ3v) is 3.99. The molecule has 0 aliphatic heterocycles. The van der Waals surface area contributed by atoms with E-state index in [0.29, 0.717) is 5.92 Å². The van der Waals surface area contributed by atoms with E-state index in [1.54, 1.807) is 0 Å². The quantitative estimate of drug-likeness (QED) is 0.873. The molecule has 1 aromatic carbocycles. The van der Waals surface area contributed by atoms with Gasteiger partial charge in [0.2, 0.25) is 0 Å². The van der Waals surface area contributed by atoms with Gasteiger partial charge in [-0.05, 0) is 38.2 Å². The molecule has 1 atom stereocenters. The van der Waals surface area contributed by atoms with E-state index in [9.17, 15) is 9.90 Å². The van der Waals surface area contributed by atoms with Crippen molar-refractivity contribution >= 4 is 5.97 Å². The molecule has 1 aliphatic rings. The van der Waals surface area contributed by atoms with Crippen molar-refractivity contribution < 1.29 is 9.90 Å². The molecule has 0 saturated heterocycles. The summed E-state index contributed by atoms with van der Waals surface area (Å²) in [5, 5.41) is 9.56. The standard InChI is InChI=1S/C16H22O2/c1-11-8-12(2)10-14(9-11)15(16(17)18)13-6-4-3-5-7-13/h8-10,13,15H,3-7H2,1-2H3,(H,17,18). The summed E-state index contributed by atoms with van der Waals surface area (Å²) in [6.45, 7) is 4.08. The number of aryl methyl sites for hydroxylation is 2. The average molecular weight is 246 g/mol. The van der Waals surface area contributed by atoms with Gasteiger partial charge in [-0.2, -0.15) is 0 Å². The summed E-state index contributed by atoms with van der Waals surface area (Å²) in [7, 11) is 0. The zero-order valence-electron chi connectivity index (χ0n) is 11.3. The van der Waals surface area contributed by atoms with Gasteiger partial charge in [-0.3, -0.25) is 4.79 Å². The highest BCUT2D eigenvalue weighted by Crippen LogP contribution is 2.36. The molecule has 1 aliphatic carbocycles. The second kappa shape index (κ2) is 5.55. The summed E-state index contributed by atoms with van der Waals surface area (Å²) in [5.74, 6) is -0.659. The highest BCUT2D eigenvalue weighted by molar-refractivity contribution is 5.76. The molecule has 0 amide bonds. The van der Waals surface area contributed by atoms with Crippen LogP contribution in [0.2, 0.25) is 0 Å². The van der Waals surface area contributed by atoms with E-state index in [0.717, 1.165) is 29.5 Å². The van der Waals surface area contributed by atoms with Crippen LogP contribution in [-0.4, -0.2) is 11.1 Å². The van der Waals surface area contributed by atoms with E-state index in [-0.39, 0.29) is 5.92 Å². The number of rotatable bonds is 3. The Morgan fingerprint density at radius 1 is 1.11 bits per heavy atom. The zero-order chi connectivity index (χ0) is 13.1. The summed E-state index contributed by atoms with van der Waals surface area (Å²) >= 11 is 0. The Morgan fingerprint density at radius 3 is 2.17 bits per heavy atom. The molecule has 1 aromatic rings. The Labute approximate surface area is 109 Å². The van der Waals surface area contributed by atoms with Crippen molar-refractivity contribution in [1.82, 2.24) is 0 Å². The van der Waals surface area contributed by atoms with Crippen molar-refractivity contribution in [3.8, 4) is 0 Å². The fourth-order valence-electron chi connectivity index (χ4n) is 3.27. The molecule has 1 fully saturated rings. The molecule has 98 valence electrons. The highest BCUT2D eigenvalue weighted by atomic mass is 16.4. The van der Waals surface area contributed by atoms with Gasteiger partial charge in [-0.15, -0.1) is 0 Å². The topological polar surface area (TPSA) is 37.3 Å². The van der Waals surface area contributed by atoms with Crippen LogP contribution >= 0.6 is 0 Å². The average Bonchev–Trinajstić information content (AvgIpc) is 2.28. The second-order valence-corrected chi connectivity index (χ2v) is 5.64. The molecule has 2 rings (SSSR count). The van der Waals surface area contributed by atoms with Gasteiger partial charge in [0.1, 0.15) is 0 Å². The molecule has 2 heteroatoms. The third kappa shape index (κ3) is 2.92. The van der Waals surface area contributed by atoms with Crippen LogP contribution in [0, 0.1) is 19.8 Å². The lowest BCUT2D eigenvalue weighted by atomic mass is 9.76. The van der Waals surface area contributed by atoms with Crippen LogP contribution in [0.3, 0.4) is 0 Å². The number of carbonyl (C=O) groups is 1. The van der Waals surface area contributed by atoms with Gasteiger partial charge in [0.25, 0.3) is 0 Å². The molecule has 1 saturated carbocycles. The molecular formula is C16H22O2. The van der Waals surface area contributed by atoms with E-state index < -0.39 is 5.97 Å². The van der Waals surface area contributed by atoms with E-state index in [1.807, 2.05) is 26.0 Å². The van der Waals surface area contributed by atoms with E-state index in [2.05, 4.69) is 6.07 Å². The van der Waals surface area contributed by atoms with Crippen molar-refractivity contribution in [3.05, 3.63) is 34.9 Å². The summed E-state index contributed by atoms with van der Waals surface area (Å²) in [5.41, 5.74) is 3.31. The molecule has 18 heavy (non-hydrogen) atoms. The lowest BCUT2D eigenvalue weighted by Gasteiger charge is -2.28. The molecule has 0 radical (unpaired) electrons. The summed E-state index contributed by atoms with van der Waals surface area (Å²) < 4.78 is 0. The van der Waals surface area contributed by atoms with Gasteiger partial charge in [0.05, 0.1) is 5.92 Å². The summed E-state index contributed by atoms with van der Waals surface area (Å²) in [4.78, 5) is 11.6. The van der Waals surface area contributed by atoms with Crippen LogP contribution in [0.1, 0.15) is 54.7 Å². The Balaban J connectivity index is 2.31. The SMILES string of the molecule is Cc1cc(C)cc(C(C(=O)O)C2CCCCC2)c1. The minimum Gasteiger partial charge on any atom is -0.481 e. The van der Waals surface area contributed by atoms with Gasteiger partial charge < -0.3 is 5.11 Å². The number of benzene rings is 1. The molecule has 2 nitrogen and oxygen atoms in total. The molecular weight excluding hydrogens is 224 g/mol. The number of aliphatic carboxylic acids is 1.